The first-order valence-corrected chi connectivity index (χ1v) is 22.4. The van der Waals surface area contributed by atoms with Crippen molar-refractivity contribution in [1.29, 1.82) is 0 Å². The molecule has 3 aliphatic rings. The van der Waals surface area contributed by atoms with Crippen LogP contribution in [0.25, 0.3) is 11.1 Å². The normalized spacial score (nSPS) is 29.6. The largest absolute Gasteiger partial charge is 0.508 e. The number of nitrogens with one attached hydrogen (secondary N) is 5. The van der Waals surface area contributed by atoms with Gasteiger partial charge in [-0.3, -0.25) is 33.6 Å². The highest BCUT2D eigenvalue weighted by Crippen LogP contribution is 2.27. The molecule has 2 unspecified atom stereocenters. The number of nitrogens with zero attached hydrogens (tertiary/aromatic N) is 2. The number of aliphatic hydroxyl groups is 7. The Bertz CT molecular complexity index is 2350. The van der Waals surface area contributed by atoms with E-state index in [4.69, 9.17) is 0 Å². The van der Waals surface area contributed by atoms with E-state index in [1.165, 1.54) is 43.3 Å². The molecule has 7 amide bonds. The van der Waals surface area contributed by atoms with Crippen molar-refractivity contribution in [1.82, 2.24) is 36.4 Å². The molecule has 0 bridgehead atoms. The summed E-state index contributed by atoms with van der Waals surface area (Å²) in [7, 11) is 0. The highest BCUT2D eigenvalue weighted by atomic mass is 16.3. The third kappa shape index (κ3) is 12.2. The fourth-order valence-electron chi connectivity index (χ4n) is 8.63. The van der Waals surface area contributed by atoms with Gasteiger partial charge in [-0.05, 0) is 54.8 Å². The number of carbonyl (C=O) groups is 7. The Balaban J connectivity index is 1.36. The molecule has 372 valence electrons. The van der Waals surface area contributed by atoms with Gasteiger partial charge in [0.1, 0.15) is 48.1 Å². The summed E-state index contributed by atoms with van der Waals surface area (Å²) in [5.41, 5.74) is 3.06. The van der Waals surface area contributed by atoms with Gasteiger partial charge in [0.05, 0.1) is 31.0 Å². The summed E-state index contributed by atoms with van der Waals surface area (Å²) in [6.45, 7) is 2.61. The summed E-state index contributed by atoms with van der Waals surface area (Å²) in [4.78, 5) is 100. The van der Waals surface area contributed by atoms with Crippen LogP contribution in [0.4, 0.5) is 0 Å². The van der Waals surface area contributed by atoms with Crippen molar-refractivity contribution in [2.24, 2.45) is 5.92 Å². The van der Waals surface area contributed by atoms with E-state index in [-0.39, 0.29) is 24.3 Å². The van der Waals surface area contributed by atoms with Crippen molar-refractivity contribution in [2.75, 3.05) is 19.7 Å². The maximum Gasteiger partial charge on any atom is 0.251 e. The van der Waals surface area contributed by atoms with Crippen LogP contribution in [0.1, 0.15) is 48.2 Å². The van der Waals surface area contributed by atoms with E-state index in [1.807, 2.05) is 31.2 Å². The van der Waals surface area contributed by atoms with Gasteiger partial charge < -0.3 is 77.2 Å². The zero-order chi connectivity index (χ0) is 50.4. The summed E-state index contributed by atoms with van der Waals surface area (Å²) in [5, 5.41) is 98.6. The van der Waals surface area contributed by atoms with Crippen LogP contribution in [0.15, 0.2) is 72.8 Å². The quantitative estimate of drug-likeness (QED) is 0.103. The maximum atomic E-state index is 14.3. The van der Waals surface area contributed by atoms with Gasteiger partial charge in [-0.15, -0.1) is 0 Å². The predicted molar refractivity (Wildman–Crippen MR) is 242 cm³/mol. The smallest absolute Gasteiger partial charge is 0.251 e. The van der Waals surface area contributed by atoms with Crippen LogP contribution < -0.4 is 26.6 Å². The Labute approximate surface area is 396 Å². The fraction of sp³-hybridized carbons (Fsp3) is 0.468. The minimum atomic E-state index is -2.24. The Morgan fingerprint density at radius 1 is 0.725 bits per heavy atom. The number of rotatable bonds is 8. The Morgan fingerprint density at radius 3 is 1.94 bits per heavy atom. The summed E-state index contributed by atoms with van der Waals surface area (Å²) in [6, 6.07) is 8.37. The van der Waals surface area contributed by atoms with Crippen LogP contribution in [-0.2, 0) is 35.2 Å². The summed E-state index contributed by atoms with van der Waals surface area (Å²) in [6.07, 6.45) is -12.4. The molecule has 3 aromatic carbocycles. The van der Waals surface area contributed by atoms with Gasteiger partial charge in [0.15, 0.2) is 6.23 Å². The van der Waals surface area contributed by atoms with Gasteiger partial charge in [0.25, 0.3) is 5.91 Å². The van der Waals surface area contributed by atoms with E-state index in [2.05, 4.69) is 26.6 Å². The van der Waals surface area contributed by atoms with E-state index >= 15 is 0 Å². The first-order chi connectivity index (χ1) is 32.7. The van der Waals surface area contributed by atoms with Crippen molar-refractivity contribution in [2.45, 2.75) is 113 Å². The number of hydrogen-bond donors (Lipinski definition) is 13. The highest BCUT2D eigenvalue weighted by Gasteiger charge is 2.49. The van der Waals surface area contributed by atoms with E-state index in [0.717, 1.165) is 33.4 Å². The first-order valence-electron chi connectivity index (χ1n) is 22.4. The third-order valence-corrected chi connectivity index (χ3v) is 12.6. The zero-order valence-corrected chi connectivity index (χ0v) is 38.0. The second-order valence-corrected chi connectivity index (χ2v) is 17.9. The molecule has 0 aliphatic carbocycles. The number of phenolic OH excluding ortho intramolecular Hbond substituents is 1. The average Bonchev–Trinajstić information content (AvgIpc) is 3.86. The molecule has 6 rings (SSSR count). The van der Waals surface area contributed by atoms with Gasteiger partial charge in [-0.2, -0.15) is 0 Å². The molecular formula is C47H59N7O15. The van der Waals surface area contributed by atoms with Gasteiger partial charge in [0.2, 0.25) is 35.4 Å². The number of aromatic hydroxyl groups is 1. The van der Waals surface area contributed by atoms with Crippen molar-refractivity contribution < 1.29 is 74.4 Å². The van der Waals surface area contributed by atoms with Gasteiger partial charge in [-0.1, -0.05) is 61.0 Å². The Hall–Kier alpha value is -6.53. The molecule has 22 nitrogen and oxygen atoms in total. The highest BCUT2D eigenvalue weighted by molar-refractivity contribution is 6.00. The van der Waals surface area contributed by atoms with Crippen molar-refractivity contribution in [3.05, 3.63) is 89.5 Å². The topological polar surface area (TPSA) is 348 Å². The van der Waals surface area contributed by atoms with Crippen molar-refractivity contribution in [3.8, 4) is 16.9 Å². The second-order valence-electron chi connectivity index (χ2n) is 17.9. The molecule has 0 aromatic heterocycles. The average molecular weight is 962 g/mol. The number of fused-ring (bicyclic) bond motifs is 2. The minimum Gasteiger partial charge on any atom is -0.508 e. The molecule has 22 heteroatoms. The molecule has 3 aromatic rings. The molecule has 3 fully saturated rings. The lowest BCUT2D eigenvalue weighted by Crippen LogP contribution is -2.63. The molecule has 3 saturated heterocycles. The van der Waals surface area contributed by atoms with Gasteiger partial charge >= 0.3 is 0 Å². The molecule has 0 spiro atoms. The summed E-state index contributed by atoms with van der Waals surface area (Å²) < 4.78 is 0. The molecule has 13 atom stereocenters. The van der Waals surface area contributed by atoms with Crippen LogP contribution in [0.3, 0.4) is 0 Å². The predicted octanol–water partition coefficient (Wildman–Crippen LogP) is -3.73. The number of benzene rings is 3. The molecule has 3 aliphatic heterocycles. The lowest BCUT2D eigenvalue weighted by molar-refractivity contribution is -0.147. The lowest BCUT2D eigenvalue weighted by atomic mass is 10.00. The van der Waals surface area contributed by atoms with Crippen molar-refractivity contribution >= 4 is 41.4 Å². The van der Waals surface area contributed by atoms with E-state index in [9.17, 15) is 74.4 Å². The number of phenols is 1. The number of amides is 7. The minimum absolute atomic E-state index is 0.0437. The molecule has 69 heavy (non-hydrogen) atoms. The second kappa shape index (κ2) is 22.3. The summed E-state index contributed by atoms with van der Waals surface area (Å²) in [5.74, 6) is -8.74. The van der Waals surface area contributed by atoms with Crippen LogP contribution in [0.2, 0.25) is 0 Å². The Morgan fingerprint density at radius 2 is 1.33 bits per heavy atom. The van der Waals surface area contributed by atoms with Crippen molar-refractivity contribution in [3.63, 3.8) is 0 Å². The van der Waals surface area contributed by atoms with E-state index in [1.54, 1.807) is 12.1 Å². The number of aryl methyl sites for hydroxylation is 1. The maximum absolute atomic E-state index is 14.3. The van der Waals surface area contributed by atoms with Crippen LogP contribution in [0, 0.1) is 12.8 Å². The fourth-order valence-corrected chi connectivity index (χ4v) is 8.63. The van der Waals surface area contributed by atoms with Gasteiger partial charge in [0, 0.05) is 43.8 Å². The summed E-state index contributed by atoms with van der Waals surface area (Å²) >= 11 is 0. The zero-order valence-electron chi connectivity index (χ0n) is 38.0. The molecule has 13 N–H and O–H groups in total. The first kappa shape index (κ1) is 51.9. The van der Waals surface area contributed by atoms with Crippen LogP contribution in [-0.4, -0.2) is 185 Å². The van der Waals surface area contributed by atoms with Gasteiger partial charge in [-0.25, -0.2) is 0 Å². The number of aliphatic hydroxyl groups excluding tert-OH is 7. The molecule has 0 saturated carbocycles. The number of hydrogen-bond acceptors (Lipinski definition) is 15. The molecule has 0 radical (unpaired) electrons. The number of carbonyl (C=O) groups excluding carboxylic acids is 7. The van der Waals surface area contributed by atoms with E-state index < -0.39 is 146 Å². The molecule has 3 heterocycles. The standard InChI is InChI=1S/C47H59N7O15/c1-22-4-8-26(9-5-22)27-10-12-28(13-11-27)40(62)48-31-18-35(60)43(65)52-45(67)38-39(61)23(2)19-54(38)46(68)32(21-55)49-44(66)37(34(59)16-25-6-14-29(57)15-7-25)51-42(64)33-17-30(58)20-53(33)47(69)36(24(3)56)50-41(31)63/h4-15,23-24,30-39,43,55-61,65H,16-21H2,1-3H3,(H,48,62)(H,49,66)(H,50,63)(H,51,64)(H,52,67)/t23-,24+,30+,31-,32-,33-,34+,35?,36-,37-,38-,39-,43?/m0/s1. The Kier molecular flexibility index (Phi) is 16.7. The van der Waals surface area contributed by atoms with Crippen LogP contribution in [0.5, 0.6) is 5.75 Å². The van der Waals surface area contributed by atoms with E-state index in [0.29, 0.717) is 5.56 Å². The SMILES string of the molecule is Cc1ccc(-c2ccc(C(=O)N[C@H]3CC(O)C(O)NC(=O)[C@@H]4[C@@H](O)[C@@H](C)CN4C(=O)[C@H](CO)NC(=O)[C@H]([C@H](O)Cc4ccc(O)cc4)NC(=O)[C@@H]4C[C@@H](O)CN4C(=O)[C@H]([C@@H](C)O)NC3=O)cc2)cc1. The van der Waals surface area contributed by atoms with Crippen LogP contribution >= 0.6 is 0 Å². The molecular weight excluding hydrogens is 903 g/mol. The lowest BCUT2D eigenvalue weighted by Gasteiger charge is -2.32. The monoisotopic (exact) mass is 961 g/mol. The third-order valence-electron chi connectivity index (χ3n) is 12.6.